The Morgan fingerprint density at radius 3 is 2.45 bits per heavy atom. The number of thiazole rings is 1. The molecule has 2 aliphatic rings. The number of benzene rings is 1. The van der Waals surface area contributed by atoms with Crippen LogP contribution in [0, 0.1) is 5.41 Å². The van der Waals surface area contributed by atoms with Crippen LogP contribution in [0.1, 0.15) is 28.9 Å². The van der Waals surface area contributed by atoms with Gasteiger partial charge in [-0.25, -0.2) is 0 Å². The molecular weight excluding hydrogens is 438 g/mol. The van der Waals surface area contributed by atoms with E-state index in [-0.39, 0.29) is 17.2 Å². The minimum Gasteiger partial charge on any atom is -0.493 e. The molecule has 9 heteroatoms. The summed E-state index contributed by atoms with van der Waals surface area (Å²) in [5, 5.41) is 0.652. The number of likely N-dealkylation sites (tertiary alicyclic amines) is 1. The average molecular weight is 464 g/mol. The van der Waals surface area contributed by atoms with Gasteiger partial charge in [-0.1, -0.05) is 11.6 Å². The Morgan fingerprint density at radius 1 is 1.10 bits per heavy atom. The molecule has 2 aliphatic heterocycles. The van der Waals surface area contributed by atoms with E-state index in [1.807, 2.05) is 21.9 Å². The molecule has 2 aromatic rings. The average Bonchev–Trinajstić information content (AvgIpc) is 3.34. The molecule has 0 unspecified atom stereocenters. The zero-order valence-electron chi connectivity index (χ0n) is 17.3. The molecule has 0 saturated carbocycles. The van der Waals surface area contributed by atoms with E-state index in [4.69, 9.17) is 21.1 Å². The van der Waals surface area contributed by atoms with Crippen LogP contribution in [-0.4, -0.2) is 72.6 Å². The van der Waals surface area contributed by atoms with Crippen molar-refractivity contribution >= 4 is 34.8 Å². The lowest BCUT2D eigenvalue weighted by molar-refractivity contribution is -0.139. The van der Waals surface area contributed by atoms with Crippen LogP contribution in [0.3, 0.4) is 0 Å². The van der Waals surface area contributed by atoms with Gasteiger partial charge in [0.1, 0.15) is 10.6 Å². The van der Waals surface area contributed by atoms with E-state index in [0.29, 0.717) is 75.2 Å². The van der Waals surface area contributed by atoms with E-state index in [0.717, 1.165) is 5.75 Å². The quantitative estimate of drug-likeness (QED) is 0.657. The summed E-state index contributed by atoms with van der Waals surface area (Å²) in [6.45, 7) is 4.03. The highest BCUT2D eigenvalue weighted by atomic mass is 35.5. The number of ether oxygens (including phenoxy) is 2. The number of aromatic nitrogens is 1. The van der Waals surface area contributed by atoms with Crippen LogP contribution in [0.25, 0.3) is 0 Å². The Balaban J connectivity index is 1.44. The first-order valence-corrected chi connectivity index (χ1v) is 11.7. The largest absolute Gasteiger partial charge is 0.493 e. The summed E-state index contributed by atoms with van der Waals surface area (Å²) in [7, 11) is 0. The predicted molar refractivity (Wildman–Crippen MR) is 119 cm³/mol. The molecule has 31 heavy (non-hydrogen) atoms. The minimum atomic E-state index is -0.320. The SMILES string of the molecule is O=C(CC1(COc2ccc(Cl)cc2)CCN(C(=O)c2cncs2)CC1)N1CCOCC1. The second-order valence-corrected chi connectivity index (χ2v) is 9.39. The van der Waals surface area contributed by atoms with Gasteiger partial charge in [-0.05, 0) is 37.1 Å². The smallest absolute Gasteiger partial charge is 0.265 e. The molecule has 3 heterocycles. The van der Waals surface area contributed by atoms with E-state index in [2.05, 4.69) is 4.98 Å². The maximum Gasteiger partial charge on any atom is 0.265 e. The summed E-state index contributed by atoms with van der Waals surface area (Å²) in [6.07, 6.45) is 3.44. The number of hydrogen-bond acceptors (Lipinski definition) is 6. The normalized spacial score (nSPS) is 18.6. The highest BCUT2D eigenvalue weighted by Gasteiger charge is 2.40. The van der Waals surface area contributed by atoms with Crippen LogP contribution in [0.15, 0.2) is 36.0 Å². The Labute approximate surface area is 190 Å². The van der Waals surface area contributed by atoms with Gasteiger partial charge in [0.05, 0.1) is 31.5 Å². The third-order valence-electron chi connectivity index (χ3n) is 6.00. The van der Waals surface area contributed by atoms with Crippen molar-refractivity contribution in [2.75, 3.05) is 46.0 Å². The number of carbonyl (C=O) groups is 2. The van der Waals surface area contributed by atoms with Crippen LogP contribution in [0.4, 0.5) is 0 Å². The molecule has 0 spiro atoms. The molecule has 4 rings (SSSR count). The van der Waals surface area contributed by atoms with E-state index in [9.17, 15) is 9.59 Å². The highest BCUT2D eigenvalue weighted by Crippen LogP contribution is 2.37. The maximum absolute atomic E-state index is 13.0. The Bertz CT molecular complexity index is 877. The third kappa shape index (κ3) is 5.56. The molecule has 0 radical (unpaired) electrons. The lowest BCUT2D eigenvalue weighted by Gasteiger charge is -2.42. The van der Waals surface area contributed by atoms with Crippen LogP contribution < -0.4 is 4.74 Å². The number of morpholine rings is 1. The van der Waals surface area contributed by atoms with Crippen molar-refractivity contribution < 1.29 is 19.1 Å². The highest BCUT2D eigenvalue weighted by molar-refractivity contribution is 7.11. The standard InChI is InChI=1S/C22H26ClN3O4S/c23-17-1-3-18(4-2-17)30-15-22(13-20(27)25-9-11-29-12-10-25)5-7-26(8-6-22)21(28)19-14-24-16-31-19/h1-4,14,16H,5-13,15H2. The molecule has 0 bridgehead atoms. The van der Waals surface area contributed by atoms with Gasteiger partial charge in [-0.3, -0.25) is 14.6 Å². The van der Waals surface area contributed by atoms with Gasteiger partial charge in [-0.15, -0.1) is 11.3 Å². The zero-order chi connectivity index (χ0) is 21.7. The first kappa shape index (κ1) is 22.0. The number of piperidine rings is 1. The number of halogens is 1. The molecular formula is C22H26ClN3O4S. The van der Waals surface area contributed by atoms with Crippen molar-refractivity contribution in [1.82, 2.24) is 14.8 Å². The van der Waals surface area contributed by atoms with Gasteiger partial charge in [0.15, 0.2) is 0 Å². The van der Waals surface area contributed by atoms with Crippen molar-refractivity contribution in [2.45, 2.75) is 19.3 Å². The summed E-state index contributed by atoms with van der Waals surface area (Å²) in [5.74, 6) is 0.866. The van der Waals surface area contributed by atoms with Gasteiger partial charge < -0.3 is 19.3 Å². The van der Waals surface area contributed by atoms with Crippen LogP contribution >= 0.6 is 22.9 Å². The maximum atomic E-state index is 13.0. The van der Waals surface area contributed by atoms with Gasteiger partial charge in [0.2, 0.25) is 5.91 Å². The summed E-state index contributed by atoms with van der Waals surface area (Å²) in [5.41, 5.74) is 1.35. The molecule has 2 saturated heterocycles. The molecule has 0 N–H and O–H groups in total. The van der Waals surface area contributed by atoms with Crippen LogP contribution in [0.2, 0.25) is 5.02 Å². The number of amides is 2. The van der Waals surface area contributed by atoms with Gasteiger partial charge >= 0.3 is 0 Å². The second-order valence-electron chi connectivity index (χ2n) is 8.07. The van der Waals surface area contributed by atoms with Gasteiger partial charge in [0, 0.05) is 43.0 Å². The van der Waals surface area contributed by atoms with Gasteiger partial charge in [0.25, 0.3) is 5.91 Å². The van der Waals surface area contributed by atoms with Crippen LogP contribution in [0.5, 0.6) is 5.75 Å². The zero-order valence-corrected chi connectivity index (χ0v) is 18.9. The van der Waals surface area contributed by atoms with Crippen LogP contribution in [-0.2, 0) is 9.53 Å². The monoisotopic (exact) mass is 463 g/mol. The number of carbonyl (C=O) groups excluding carboxylic acids is 2. The Kier molecular flexibility index (Phi) is 7.09. The molecule has 1 aromatic heterocycles. The lowest BCUT2D eigenvalue weighted by Crippen LogP contribution is -2.49. The molecule has 0 aliphatic carbocycles. The third-order valence-corrected chi connectivity index (χ3v) is 7.02. The first-order chi connectivity index (χ1) is 15.0. The van der Waals surface area contributed by atoms with E-state index < -0.39 is 0 Å². The Morgan fingerprint density at radius 2 is 1.81 bits per heavy atom. The summed E-state index contributed by atoms with van der Waals surface area (Å²) >= 11 is 7.33. The van der Waals surface area contributed by atoms with Crippen molar-refractivity contribution in [1.29, 1.82) is 0 Å². The van der Waals surface area contributed by atoms with E-state index in [1.54, 1.807) is 23.8 Å². The number of rotatable bonds is 6. The molecule has 166 valence electrons. The molecule has 2 fully saturated rings. The van der Waals surface area contributed by atoms with Gasteiger partial charge in [-0.2, -0.15) is 0 Å². The fourth-order valence-corrected chi connectivity index (χ4v) is 4.76. The van der Waals surface area contributed by atoms with E-state index in [1.165, 1.54) is 11.3 Å². The molecule has 0 atom stereocenters. The fourth-order valence-electron chi connectivity index (χ4n) is 4.05. The number of nitrogens with zero attached hydrogens (tertiary/aromatic N) is 3. The first-order valence-electron chi connectivity index (χ1n) is 10.5. The lowest BCUT2D eigenvalue weighted by atomic mass is 9.75. The second kappa shape index (κ2) is 9.97. The predicted octanol–water partition coefficient (Wildman–Crippen LogP) is 3.35. The van der Waals surface area contributed by atoms with Crippen molar-refractivity contribution in [3.8, 4) is 5.75 Å². The fraction of sp³-hybridized carbons (Fsp3) is 0.500. The number of hydrogen-bond donors (Lipinski definition) is 0. The minimum absolute atomic E-state index is 0.00854. The van der Waals surface area contributed by atoms with Crippen molar-refractivity contribution in [3.63, 3.8) is 0 Å². The summed E-state index contributed by atoms with van der Waals surface area (Å²) in [6, 6.07) is 7.25. The topological polar surface area (TPSA) is 72.0 Å². The summed E-state index contributed by atoms with van der Waals surface area (Å²) < 4.78 is 11.5. The Hall–Kier alpha value is -2.16. The summed E-state index contributed by atoms with van der Waals surface area (Å²) in [4.78, 5) is 34.1. The van der Waals surface area contributed by atoms with Crippen molar-refractivity contribution in [2.24, 2.45) is 5.41 Å². The molecule has 2 amide bonds. The molecule has 7 nitrogen and oxygen atoms in total. The van der Waals surface area contributed by atoms with E-state index >= 15 is 0 Å². The van der Waals surface area contributed by atoms with Crippen molar-refractivity contribution in [3.05, 3.63) is 45.9 Å². The molecule has 1 aromatic carbocycles.